The third-order valence-electron chi connectivity index (χ3n) is 2.96. The van der Waals surface area contributed by atoms with Crippen LogP contribution in [0.4, 0.5) is 5.69 Å². The van der Waals surface area contributed by atoms with E-state index in [1.165, 1.54) is 0 Å². The lowest BCUT2D eigenvalue weighted by Crippen LogP contribution is -2.13. The van der Waals surface area contributed by atoms with E-state index in [0.29, 0.717) is 22.7 Å². The minimum Gasteiger partial charge on any atom is -0.360 e. The molecule has 0 radical (unpaired) electrons. The van der Waals surface area contributed by atoms with Crippen molar-refractivity contribution in [3.05, 3.63) is 60.4 Å². The zero-order valence-electron chi connectivity index (χ0n) is 11.3. The van der Waals surface area contributed by atoms with E-state index in [9.17, 15) is 4.79 Å². The highest BCUT2D eigenvalue weighted by Crippen LogP contribution is 2.25. The molecule has 0 aliphatic carbocycles. The predicted octanol–water partition coefficient (Wildman–Crippen LogP) is 2.69. The SMILES string of the molecule is Cc1onc(-c2cccnc2)c1C(=O)Nc1ccncc1. The van der Waals surface area contributed by atoms with Gasteiger partial charge in [-0.2, -0.15) is 0 Å². The normalized spacial score (nSPS) is 10.3. The van der Waals surface area contributed by atoms with Crippen molar-refractivity contribution in [3.63, 3.8) is 0 Å². The van der Waals surface area contributed by atoms with Gasteiger partial charge in [-0.3, -0.25) is 14.8 Å². The summed E-state index contributed by atoms with van der Waals surface area (Å²) >= 11 is 0. The first-order valence-electron chi connectivity index (χ1n) is 6.34. The van der Waals surface area contributed by atoms with Crippen molar-refractivity contribution in [1.82, 2.24) is 15.1 Å². The van der Waals surface area contributed by atoms with Crippen molar-refractivity contribution in [2.45, 2.75) is 6.92 Å². The van der Waals surface area contributed by atoms with Crippen LogP contribution in [-0.2, 0) is 0 Å². The second-order valence-corrected chi connectivity index (χ2v) is 4.39. The molecule has 0 fully saturated rings. The highest BCUT2D eigenvalue weighted by Gasteiger charge is 2.21. The molecule has 0 saturated carbocycles. The van der Waals surface area contributed by atoms with Crippen LogP contribution in [-0.4, -0.2) is 21.0 Å². The number of anilines is 1. The molecule has 1 N–H and O–H groups in total. The molecule has 104 valence electrons. The van der Waals surface area contributed by atoms with Crippen LogP contribution < -0.4 is 5.32 Å². The van der Waals surface area contributed by atoms with Crippen LogP contribution in [0.25, 0.3) is 11.3 Å². The number of rotatable bonds is 3. The average molecular weight is 280 g/mol. The molecule has 0 bridgehead atoms. The van der Waals surface area contributed by atoms with Crippen molar-refractivity contribution >= 4 is 11.6 Å². The molecule has 6 nitrogen and oxygen atoms in total. The van der Waals surface area contributed by atoms with Gasteiger partial charge in [-0.05, 0) is 31.2 Å². The van der Waals surface area contributed by atoms with E-state index >= 15 is 0 Å². The van der Waals surface area contributed by atoms with Crippen molar-refractivity contribution in [2.75, 3.05) is 5.32 Å². The number of amides is 1. The lowest BCUT2D eigenvalue weighted by molar-refractivity contribution is 0.102. The van der Waals surface area contributed by atoms with Crippen molar-refractivity contribution in [2.24, 2.45) is 0 Å². The third-order valence-corrected chi connectivity index (χ3v) is 2.96. The number of carbonyl (C=O) groups is 1. The number of carbonyl (C=O) groups excluding carboxylic acids is 1. The summed E-state index contributed by atoms with van der Waals surface area (Å²) in [6.07, 6.45) is 6.52. The zero-order valence-corrected chi connectivity index (χ0v) is 11.3. The van der Waals surface area contributed by atoms with Gasteiger partial charge in [-0.1, -0.05) is 5.16 Å². The van der Waals surface area contributed by atoms with E-state index in [-0.39, 0.29) is 5.91 Å². The Morgan fingerprint density at radius 1 is 1.14 bits per heavy atom. The van der Waals surface area contributed by atoms with Gasteiger partial charge in [0.25, 0.3) is 5.91 Å². The van der Waals surface area contributed by atoms with E-state index < -0.39 is 0 Å². The molecule has 21 heavy (non-hydrogen) atoms. The first kappa shape index (κ1) is 13.0. The van der Waals surface area contributed by atoms with Crippen LogP contribution in [0.15, 0.2) is 53.6 Å². The van der Waals surface area contributed by atoms with Gasteiger partial charge in [0.1, 0.15) is 17.0 Å². The molecule has 3 rings (SSSR count). The zero-order chi connectivity index (χ0) is 14.7. The summed E-state index contributed by atoms with van der Waals surface area (Å²) in [7, 11) is 0. The Hall–Kier alpha value is -3.02. The van der Waals surface area contributed by atoms with Gasteiger partial charge in [-0.15, -0.1) is 0 Å². The van der Waals surface area contributed by atoms with Crippen LogP contribution in [0.1, 0.15) is 16.1 Å². The van der Waals surface area contributed by atoms with Crippen LogP contribution in [0.2, 0.25) is 0 Å². The standard InChI is InChI=1S/C15H12N4O2/c1-10-13(15(20)18-12-4-7-16-8-5-12)14(19-21-10)11-3-2-6-17-9-11/h2-9H,1H3,(H,16,18,20). The van der Waals surface area contributed by atoms with Gasteiger partial charge in [0, 0.05) is 36.0 Å². The fraction of sp³-hybridized carbons (Fsp3) is 0.0667. The van der Waals surface area contributed by atoms with Gasteiger partial charge in [0.15, 0.2) is 0 Å². The van der Waals surface area contributed by atoms with Crippen molar-refractivity contribution in [1.29, 1.82) is 0 Å². The molecule has 3 heterocycles. The van der Waals surface area contributed by atoms with Gasteiger partial charge < -0.3 is 9.84 Å². The molecule has 6 heteroatoms. The number of nitrogens with zero attached hydrogens (tertiary/aromatic N) is 3. The highest BCUT2D eigenvalue weighted by molar-refractivity contribution is 6.08. The summed E-state index contributed by atoms with van der Waals surface area (Å²) in [4.78, 5) is 20.4. The Kier molecular flexibility index (Phi) is 3.42. The first-order chi connectivity index (χ1) is 10.3. The van der Waals surface area contributed by atoms with E-state index in [0.717, 1.165) is 5.56 Å². The van der Waals surface area contributed by atoms with Crippen LogP contribution in [0.5, 0.6) is 0 Å². The molecule has 0 atom stereocenters. The summed E-state index contributed by atoms with van der Waals surface area (Å²) in [6, 6.07) is 7.03. The summed E-state index contributed by atoms with van der Waals surface area (Å²) in [5.41, 5.74) is 2.27. The number of aromatic nitrogens is 3. The highest BCUT2D eigenvalue weighted by atomic mass is 16.5. The topological polar surface area (TPSA) is 80.9 Å². The minimum absolute atomic E-state index is 0.279. The summed E-state index contributed by atoms with van der Waals surface area (Å²) < 4.78 is 5.16. The number of hydrogen-bond donors (Lipinski definition) is 1. The maximum atomic E-state index is 12.4. The second-order valence-electron chi connectivity index (χ2n) is 4.39. The molecule has 3 aromatic rings. The maximum absolute atomic E-state index is 12.4. The van der Waals surface area contributed by atoms with E-state index in [1.54, 1.807) is 49.9 Å². The Morgan fingerprint density at radius 2 is 1.95 bits per heavy atom. The molecule has 0 unspecified atom stereocenters. The molecule has 0 aliphatic heterocycles. The van der Waals surface area contributed by atoms with Crippen molar-refractivity contribution < 1.29 is 9.32 Å². The molecular formula is C15H12N4O2. The van der Waals surface area contributed by atoms with E-state index in [4.69, 9.17) is 4.52 Å². The molecular weight excluding hydrogens is 268 g/mol. The van der Waals surface area contributed by atoms with Gasteiger partial charge >= 0.3 is 0 Å². The fourth-order valence-corrected chi connectivity index (χ4v) is 1.97. The second kappa shape index (κ2) is 5.54. The Balaban J connectivity index is 1.95. The maximum Gasteiger partial charge on any atom is 0.261 e. The average Bonchev–Trinajstić information content (AvgIpc) is 2.91. The van der Waals surface area contributed by atoms with Crippen LogP contribution in [0, 0.1) is 6.92 Å². The number of nitrogens with one attached hydrogen (secondary N) is 1. The fourth-order valence-electron chi connectivity index (χ4n) is 1.97. The Morgan fingerprint density at radius 3 is 2.67 bits per heavy atom. The van der Waals surface area contributed by atoms with Crippen LogP contribution in [0.3, 0.4) is 0 Å². The lowest BCUT2D eigenvalue weighted by Gasteiger charge is -2.05. The van der Waals surface area contributed by atoms with Gasteiger partial charge in [0.05, 0.1) is 0 Å². The summed E-state index contributed by atoms with van der Waals surface area (Å²) in [6.45, 7) is 1.70. The Bertz CT molecular complexity index is 754. The summed E-state index contributed by atoms with van der Waals surface area (Å²) in [5, 5.41) is 6.76. The number of pyridine rings is 2. The molecule has 3 aromatic heterocycles. The third kappa shape index (κ3) is 2.64. The number of aryl methyl sites for hydroxylation is 1. The Labute approximate surface area is 120 Å². The van der Waals surface area contributed by atoms with Gasteiger partial charge in [-0.25, -0.2) is 0 Å². The van der Waals surface area contributed by atoms with Crippen molar-refractivity contribution in [3.8, 4) is 11.3 Å². The molecule has 0 aromatic carbocycles. The summed E-state index contributed by atoms with van der Waals surface area (Å²) in [5.74, 6) is 0.180. The van der Waals surface area contributed by atoms with Gasteiger partial charge in [0.2, 0.25) is 0 Å². The molecule has 0 saturated heterocycles. The smallest absolute Gasteiger partial charge is 0.261 e. The first-order valence-corrected chi connectivity index (χ1v) is 6.34. The number of hydrogen-bond acceptors (Lipinski definition) is 5. The quantitative estimate of drug-likeness (QED) is 0.797. The minimum atomic E-state index is -0.279. The molecule has 1 amide bonds. The largest absolute Gasteiger partial charge is 0.360 e. The van der Waals surface area contributed by atoms with E-state index in [1.807, 2.05) is 6.07 Å². The monoisotopic (exact) mass is 280 g/mol. The lowest BCUT2D eigenvalue weighted by atomic mass is 10.1. The predicted molar refractivity (Wildman–Crippen MR) is 76.7 cm³/mol. The molecule has 0 spiro atoms. The molecule has 0 aliphatic rings. The van der Waals surface area contributed by atoms with E-state index in [2.05, 4.69) is 20.4 Å². The van der Waals surface area contributed by atoms with Crippen LogP contribution >= 0.6 is 0 Å².